The number of carbonyl (C=O) groups excluding carboxylic acids is 1. The molecular weight excluding hydrogens is 296 g/mol. The molecule has 0 radical (unpaired) electrons. The maximum atomic E-state index is 10.0. The van der Waals surface area contributed by atoms with E-state index in [-0.39, 0.29) is 12.4 Å². The maximum absolute atomic E-state index is 10.0. The number of phenols is 1. The number of phenolic OH excluding ortho intramolecular Hbond substituents is 1. The topological polar surface area (TPSA) is 105 Å². The summed E-state index contributed by atoms with van der Waals surface area (Å²) in [4.78, 5) is 15.1. The molecule has 0 saturated heterocycles. The van der Waals surface area contributed by atoms with Crippen molar-refractivity contribution >= 4 is 12.4 Å². The third kappa shape index (κ3) is 7.12. The van der Waals surface area contributed by atoms with Gasteiger partial charge in [-0.15, -0.1) is 0 Å². The summed E-state index contributed by atoms with van der Waals surface area (Å²) < 4.78 is 0. The molecule has 0 spiro atoms. The lowest BCUT2D eigenvalue weighted by atomic mass is 10.2. The minimum Gasteiger partial charge on any atom is -0.508 e. The van der Waals surface area contributed by atoms with Crippen molar-refractivity contribution in [1.82, 2.24) is 5.48 Å². The molecule has 0 atom stereocenters. The molecule has 3 rings (SSSR count). The number of hydrogen-bond acceptors (Lipinski definition) is 6. The first-order valence-corrected chi connectivity index (χ1v) is 6.94. The van der Waals surface area contributed by atoms with Crippen molar-refractivity contribution in [2.75, 3.05) is 13.2 Å². The van der Waals surface area contributed by atoms with Crippen molar-refractivity contribution in [3.05, 3.63) is 65.9 Å². The Hall–Kier alpha value is -2.83. The van der Waals surface area contributed by atoms with Crippen molar-refractivity contribution < 1.29 is 19.8 Å². The molecule has 5 N–H and O–H groups in total. The number of carbonyl (C=O) groups is 1. The van der Waals surface area contributed by atoms with E-state index in [0.29, 0.717) is 12.1 Å². The van der Waals surface area contributed by atoms with Crippen LogP contribution in [0, 0.1) is 0 Å². The number of para-hydroxylation sites is 1. The first-order chi connectivity index (χ1) is 11.2. The summed E-state index contributed by atoms with van der Waals surface area (Å²) in [6, 6.07) is 13.9. The van der Waals surface area contributed by atoms with Gasteiger partial charge in [-0.3, -0.25) is 4.79 Å². The largest absolute Gasteiger partial charge is 0.508 e. The predicted molar refractivity (Wildman–Crippen MR) is 88.9 cm³/mol. The Labute approximate surface area is 134 Å². The number of fused-ring (bicyclic) bond motifs is 1. The molecule has 1 heterocycles. The highest BCUT2D eigenvalue weighted by atomic mass is 16.6. The summed E-state index contributed by atoms with van der Waals surface area (Å²) in [7, 11) is 0. The molecule has 0 unspecified atom stereocenters. The highest BCUT2D eigenvalue weighted by Gasteiger charge is 2.01. The van der Waals surface area contributed by atoms with Crippen LogP contribution in [-0.4, -0.2) is 29.7 Å². The molecule has 0 aliphatic carbocycles. The summed E-state index contributed by atoms with van der Waals surface area (Å²) >= 11 is 0. The van der Waals surface area contributed by atoms with Gasteiger partial charge in [0.15, 0.2) is 5.75 Å². The zero-order chi connectivity index (χ0) is 16.9. The second-order valence-electron chi connectivity index (χ2n) is 4.31. The molecule has 2 aromatic carbocycles. The van der Waals surface area contributed by atoms with Crippen molar-refractivity contribution in [2.24, 2.45) is 5.73 Å². The standard InChI is InChI=1S/C8H7NO.C7H6O2.C2H7NO/c1-2-4-8-7(3-1)5-6-9-10-8;8-5-6-1-3-7(9)4-2-6;3-1-2-4/h1-6,9H;1-5,9H;4H,1-3H2. The van der Waals surface area contributed by atoms with E-state index >= 15 is 0 Å². The van der Waals surface area contributed by atoms with Crippen LogP contribution in [-0.2, 0) is 0 Å². The quantitative estimate of drug-likeness (QED) is 0.629. The summed E-state index contributed by atoms with van der Waals surface area (Å²) in [5, 5.41) is 16.5. The van der Waals surface area contributed by atoms with Gasteiger partial charge in [0.05, 0.1) is 6.61 Å². The fourth-order valence-electron chi connectivity index (χ4n) is 1.49. The monoisotopic (exact) mass is 316 g/mol. The lowest BCUT2D eigenvalue weighted by molar-refractivity contribution is 0.112. The van der Waals surface area contributed by atoms with E-state index in [2.05, 4.69) is 5.48 Å². The van der Waals surface area contributed by atoms with Gasteiger partial charge in [-0.1, -0.05) is 18.2 Å². The molecule has 0 amide bonds. The average Bonchev–Trinajstić information content (AvgIpc) is 2.63. The normalized spacial score (nSPS) is 10.5. The number of rotatable bonds is 2. The van der Waals surface area contributed by atoms with Crippen LogP contribution in [0.25, 0.3) is 6.08 Å². The van der Waals surface area contributed by atoms with Gasteiger partial charge in [0.2, 0.25) is 0 Å². The first kappa shape index (κ1) is 18.2. The third-order valence-corrected chi connectivity index (χ3v) is 2.58. The SMILES string of the molecule is C1=Cc2ccccc2ON1.NCCO.O=Cc1ccc(O)cc1. The van der Waals surface area contributed by atoms with E-state index in [1.807, 2.05) is 30.3 Å². The molecule has 0 saturated carbocycles. The Balaban J connectivity index is 0.000000189. The van der Waals surface area contributed by atoms with Crippen molar-refractivity contribution in [1.29, 1.82) is 0 Å². The molecule has 0 bridgehead atoms. The van der Waals surface area contributed by atoms with Gasteiger partial charge in [0, 0.05) is 23.9 Å². The summed E-state index contributed by atoms with van der Waals surface area (Å²) in [6.45, 7) is 0.472. The van der Waals surface area contributed by atoms with Crippen molar-refractivity contribution in [3.63, 3.8) is 0 Å². The van der Waals surface area contributed by atoms with E-state index in [0.717, 1.165) is 17.6 Å². The highest BCUT2D eigenvalue weighted by molar-refractivity contribution is 5.74. The van der Waals surface area contributed by atoms with Gasteiger partial charge in [-0.2, -0.15) is 0 Å². The van der Waals surface area contributed by atoms with Gasteiger partial charge >= 0.3 is 0 Å². The fraction of sp³-hybridized carbons (Fsp3) is 0.118. The van der Waals surface area contributed by atoms with Crippen molar-refractivity contribution in [2.45, 2.75) is 0 Å². The second kappa shape index (κ2) is 10.8. The molecule has 0 aromatic heterocycles. The molecule has 6 nitrogen and oxygen atoms in total. The zero-order valence-corrected chi connectivity index (χ0v) is 12.6. The minimum atomic E-state index is 0.0972. The summed E-state index contributed by atoms with van der Waals surface area (Å²) in [6.07, 6.45) is 4.47. The molecule has 0 fully saturated rings. The minimum absolute atomic E-state index is 0.0972. The van der Waals surface area contributed by atoms with E-state index < -0.39 is 0 Å². The van der Waals surface area contributed by atoms with Crippen LogP contribution in [0.3, 0.4) is 0 Å². The number of aromatic hydroxyl groups is 1. The molecule has 2 aromatic rings. The second-order valence-corrected chi connectivity index (χ2v) is 4.31. The van der Waals surface area contributed by atoms with Crippen LogP contribution in [0.15, 0.2) is 54.7 Å². The number of aldehydes is 1. The molecule has 23 heavy (non-hydrogen) atoms. The van der Waals surface area contributed by atoms with Gasteiger partial charge in [0.1, 0.15) is 12.0 Å². The summed E-state index contributed by atoms with van der Waals surface area (Å²) in [5.41, 5.74) is 9.13. The summed E-state index contributed by atoms with van der Waals surface area (Å²) in [5.74, 6) is 1.06. The van der Waals surface area contributed by atoms with Gasteiger partial charge in [-0.05, 0) is 36.4 Å². The lowest BCUT2D eigenvalue weighted by Crippen LogP contribution is -2.13. The number of aliphatic hydroxyl groups excluding tert-OH is 1. The van der Waals surface area contributed by atoms with Gasteiger partial charge < -0.3 is 20.8 Å². The van der Waals surface area contributed by atoms with Gasteiger partial charge in [0.25, 0.3) is 0 Å². The van der Waals surface area contributed by atoms with Crippen LogP contribution in [0.5, 0.6) is 11.5 Å². The number of nitrogens with two attached hydrogens (primary N) is 1. The zero-order valence-electron chi connectivity index (χ0n) is 12.6. The number of hydroxylamine groups is 1. The lowest BCUT2D eigenvalue weighted by Gasteiger charge is -2.11. The van der Waals surface area contributed by atoms with Crippen LogP contribution >= 0.6 is 0 Å². The molecular formula is C17H20N2O4. The van der Waals surface area contributed by atoms with E-state index in [9.17, 15) is 4.79 Å². The Morgan fingerprint density at radius 3 is 2.35 bits per heavy atom. The third-order valence-electron chi connectivity index (χ3n) is 2.58. The first-order valence-electron chi connectivity index (χ1n) is 6.94. The smallest absolute Gasteiger partial charge is 0.162 e. The van der Waals surface area contributed by atoms with Crippen LogP contribution in [0.2, 0.25) is 0 Å². The molecule has 122 valence electrons. The maximum Gasteiger partial charge on any atom is 0.162 e. The Bertz CT molecular complexity index is 610. The Morgan fingerprint density at radius 1 is 1.13 bits per heavy atom. The van der Waals surface area contributed by atoms with Crippen LogP contribution in [0.4, 0.5) is 0 Å². The number of benzene rings is 2. The fourth-order valence-corrected chi connectivity index (χ4v) is 1.49. The molecule has 1 aliphatic heterocycles. The van der Waals surface area contributed by atoms with E-state index in [1.54, 1.807) is 18.3 Å². The number of aliphatic hydroxyl groups is 1. The van der Waals surface area contributed by atoms with E-state index in [4.69, 9.17) is 20.8 Å². The average molecular weight is 316 g/mol. The van der Waals surface area contributed by atoms with Crippen molar-refractivity contribution in [3.8, 4) is 11.5 Å². The molecule has 1 aliphatic rings. The van der Waals surface area contributed by atoms with Crippen LogP contribution < -0.4 is 16.1 Å². The Kier molecular flexibility index (Phi) is 8.58. The van der Waals surface area contributed by atoms with Crippen LogP contribution in [0.1, 0.15) is 15.9 Å². The predicted octanol–water partition coefficient (Wildman–Crippen LogP) is 1.70. The highest BCUT2D eigenvalue weighted by Crippen LogP contribution is 2.20. The number of nitrogens with one attached hydrogen (secondary N) is 1. The van der Waals surface area contributed by atoms with E-state index in [1.165, 1.54) is 12.1 Å². The Morgan fingerprint density at radius 2 is 1.78 bits per heavy atom. The molecule has 6 heteroatoms. The van der Waals surface area contributed by atoms with Gasteiger partial charge in [-0.25, -0.2) is 5.48 Å². The number of hydrogen-bond donors (Lipinski definition) is 4.